The van der Waals surface area contributed by atoms with E-state index in [1.54, 1.807) is 30.2 Å². The van der Waals surface area contributed by atoms with Crippen molar-refractivity contribution in [3.63, 3.8) is 0 Å². The van der Waals surface area contributed by atoms with Crippen LogP contribution in [0.25, 0.3) is 0 Å². The predicted molar refractivity (Wildman–Crippen MR) is 181 cm³/mol. The third-order valence-electron chi connectivity index (χ3n) is 9.80. The highest BCUT2D eigenvalue weighted by Gasteiger charge is 2.44. The van der Waals surface area contributed by atoms with Crippen LogP contribution in [0.1, 0.15) is 49.7 Å². The molecule has 5 rings (SSSR count). The quantitative estimate of drug-likeness (QED) is 0.215. The van der Waals surface area contributed by atoms with Gasteiger partial charge < -0.3 is 39.7 Å². The molecule has 2 bridgehead atoms. The van der Waals surface area contributed by atoms with Crippen molar-refractivity contribution in [3.8, 4) is 17.2 Å². The minimum atomic E-state index is -1.16. The Labute approximate surface area is 284 Å². The summed E-state index contributed by atoms with van der Waals surface area (Å²) in [5.74, 6) is 2.64. The number of hydrogen-bond acceptors (Lipinski definition) is 8. The van der Waals surface area contributed by atoms with Gasteiger partial charge in [-0.2, -0.15) is 0 Å². The molecule has 2 fully saturated rings. The Hall–Kier alpha value is -2.87. The van der Waals surface area contributed by atoms with Gasteiger partial charge in [-0.3, -0.25) is 9.59 Å². The summed E-state index contributed by atoms with van der Waals surface area (Å²) < 4.78 is 18.2. The van der Waals surface area contributed by atoms with Crippen molar-refractivity contribution >= 4 is 34.4 Å². The molecule has 0 radical (unpaired) electrons. The molecular weight excluding hydrogens is 703 g/mol. The average molecular weight is 749 g/mol. The Morgan fingerprint density at radius 3 is 2.52 bits per heavy atom. The molecule has 2 saturated carbocycles. The van der Waals surface area contributed by atoms with Crippen molar-refractivity contribution < 1.29 is 39.1 Å². The highest BCUT2D eigenvalue weighted by Crippen LogP contribution is 2.50. The molecule has 2 aromatic carbocycles. The van der Waals surface area contributed by atoms with E-state index < -0.39 is 18.2 Å². The van der Waals surface area contributed by atoms with Crippen LogP contribution in [-0.2, 0) is 22.6 Å². The smallest absolute Gasteiger partial charge is 0.247 e. The maximum Gasteiger partial charge on any atom is 0.247 e. The lowest BCUT2D eigenvalue weighted by molar-refractivity contribution is -0.140. The Morgan fingerprint density at radius 2 is 1.85 bits per heavy atom. The van der Waals surface area contributed by atoms with Crippen LogP contribution in [0.2, 0.25) is 0 Å². The number of rotatable bonds is 14. The molecule has 4 N–H and O–H groups in total. The van der Waals surface area contributed by atoms with E-state index in [-0.39, 0.29) is 38.0 Å². The molecule has 0 aromatic heterocycles. The van der Waals surface area contributed by atoms with E-state index in [2.05, 4.69) is 27.9 Å². The van der Waals surface area contributed by atoms with E-state index in [9.17, 15) is 24.9 Å². The van der Waals surface area contributed by atoms with Crippen molar-refractivity contribution in [2.45, 2.75) is 69.8 Å². The standard InChI is InChI=1S/C35H45IN2O8/c1-44-29-6-4-3-5-23(29)9-11-38(32(41)19-25-14-21-7-8-24(25)13-21)28-17-26(35(43)37-10-12-39)18-30(33(28)42)46-34-27(36)15-22(20-40)16-31(34)45-2/h3-6,15-16,18,21,24-25,28,30,33,39-40,42H,7-14,17,19-20H2,1-2H3,(H,37,43). The molecule has 2 amide bonds. The van der Waals surface area contributed by atoms with Crippen molar-refractivity contribution in [1.29, 1.82) is 0 Å². The molecule has 0 spiro atoms. The Bertz CT molecular complexity index is 1420. The van der Waals surface area contributed by atoms with Gasteiger partial charge in [0.05, 0.1) is 37.0 Å². The van der Waals surface area contributed by atoms with E-state index in [4.69, 9.17) is 14.2 Å². The Balaban J connectivity index is 1.47. The highest BCUT2D eigenvalue weighted by molar-refractivity contribution is 14.1. The maximum atomic E-state index is 14.3. The zero-order valence-corrected chi connectivity index (χ0v) is 28.6. The first-order valence-electron chi connectivity index (χ1n) is 16.1. The van der Waals surface area contributed by atoms with Crippen LogP contribution < -0.4 is 19.5 Å². The zero-order valence-electron chi connectivity index (χ0n) is 26.5. The number of carbonyl (C=O) groups is 2. The van der Waals surface area contributed by atoms with E-state index in [1.165, 1.54) is 26.4 Å². The fourth-order valence-corrected chi connectivity index (χ4v) is 8.28. The first kappa shape index (κ1) is 34.5. The summed E-state index contributed by atoms with van der Waals surface area (Å²) >= 11 is 2.09. The van der Waals surface area contributed by atoms with Gasteiger partial charge in [-0.05, 0) is 101 Å². The second kappa shape index (κ2) is 15.8. The summed E-state index contributed by atoms with van der Waals surface area (Å²) in [7, 11) is 3.12. The van der Waals surface area contributed by atoms with Crippen LogP contribution in [0.4, 0.5) is 0 Å². The lowest BCUT2D eigenvalue weighted by Crippen LogP contribution is -2.55. The number of methoxy groups -OCH3 is 2. The number of aliphatic hydroxyl groups excluding tert-OH is 3. The van der Waals surface area contributed by atoms with Gasteiger partial charge in [-0.15, -0.1) is 0 Å². The number of ether oxygens (including phenoxy) is 3. The van der Waals surface area contributed by atoms with E-state index >= 15 is 0 Å². The number of aliphatic hydroxyl groups is 3. The molecule has 0 aliphatic heterocycles. The SMILES string of the molecule is COc1ccccc1CCN(C(=O)CC1CC2CCC1C2)C1CC(C(=O)NCCO)=CC(Oc2c(I)cc(CO)cc2OC)C1O. The van der Waals surface area contributed by atoms with Crippen molar-refractivity contribution in [2.24, 2.45) is 17.8 Å². The van der Waals surface area contributed by atoms with E-state index in [1.807, 2.05) is 24.3 Å². The van der Waals surface area contributed by atoms with Crippen LogP contribution in [-0.4, -0.2) is 84.2 Å². The molecule has 250 valence electrons. The summed E-state index contributed by atoms with van der Waals surface area (Å²) in [5, 5.41) is 33.7. The summed E-state index contributed by atoms with van der Waals surface area (Å²) in [6, 6.07) is 10.4. The summed E-state index contributed by atoms with van der Waals surface area (Å²) in [4.78, 5) is 29.3. The molecule has 11 heteroatoms. The molecular formula is C35H45IN2O8. The number of nitrogens with zero attached hydrogens (tertiary/aromatic N) is 1. The molecule has 0 saturated heterocycles. The Morgan fingerprint density at radius 1 is 1.07 bits per heavy atom. The van der Waals surface area contributed by atoms with E-state index in [0.717, 1.165) is 17.7 Å². The molecule has 6 unspecified atom stereocenters. The predicted octanol–water partition coefficient (Wildman–Crippen LogP) is 3.61. The van der Waals surface area contributed by atoms with Crippen molar-refractivity contribution in [1.82, 2.24) is 10.2 Å². The molecule has 3 aliphatic rings. The maximum absolute atomic E-state index is 14.3. The zero-order chi connectivity index (χ0) is 32.8. The number of hydrogen-bond donors (Lipinski definition) is 4. The van der Waals surface area contributed by atoms with Crippen molar-refractivity contribution in [3.05, 3.63) is 62.7 Å². The molecule has 3 aliphatic carbocycles. The molecule has 10 nitrogen and oxygen atoms in total. The van der Waals surface area contributed by atoms with Gasteiger partial charge in [-0.25, -0.2) is 0 Å². The second-order valence-corrected chi connectivity index (χ2v) is 13.7. The molecule has 2 aromatic rings. The number of fused-ring (bicyclic) bond motifs is 2. The first-order valence-corrected chi connectivity index (χ1v) is 17.2. The Kier molecular flexibility index (Phi) is 11.8. The van der Waals surface area contributed by atoms with Gasteiger partial charge in [0.2, 0.25) is 11.8 Å². The number of para-hydroxylation sites is 1. The topological polar surface area (TPSA) is 138 Å². The number of carbonyl (C=O) groups excluding carboxylic acids is 2. The van der Waals surface area contributed by atoms with Crippen LogP contribution in [0, 0.1) is 21.3 Å². The first-order chi connectivity index (χ1) is 22.3. The fraction of sp³-hybridized carbons (Fsp3) is 0.543. The number of benzene rings is 2. The molecule has 6 atom stereocenters. The summed E-state index contributed by atoms with van der Waals surface area (Å²) in [6.07, 6.45) is 5.16. The van der Waals surface area contributed by atoms with Gasteiger partial charge in [-0.1, -0.05) is 24.6 Å². The van der Waals surface area contributed by atoms with Gasteiger partial charge in [0.25, 0.3) is 0 Å². The lowest BCUT2D eigenvalue weighted by Gasteiger charge is -2.41. The third kappa shape index (κ3) is 7.80. The van der Waals surface area contributed by atoms with Gasteiger partial charge >= 0.3 is 0 Å². The summed E-state index contributed by atoms with van der Waals surface area (Å²) in [6.45, 7) is 0.00237. The minimum absolute atomic E-state index is 0.0354. The number of amides is 2. The lowest BCUT2D eigenvalue weighted by atomic mass is 9.84. The summed E-state index contributed by atoms with van der Waals surface area (Å²) in [5.41, 5.74) is 1.95. The molecule has 0 heterocycles. The van der Waals surface area contributed by atoms with Crippen LogP contribution in [0.3, 0.4) is 0 Å². The van der Waals surface area contributed by atoms with Gasteiger partial charge in [0, 0.05) is 31.5 Å². The van der Waals surface area contributed by atoms with Crippen LogP contribution >= 0.6 is 22.6 Å². The van der Waals surface area contributed by atoms with Gasteiger partial charge in [0.15, 0.2) is 11.5 Å². The largest absolute Gasteiger partial charge is 0.496 e. The van der Waals surface area contributed by atoms with Crippen LogP contribution in [0.15, 0.2) is 48.0 Å². The van der Waals surface area contributed by atoms with Gasteiger partial charge in [0.1, 0.15) is 18.0 Å². The minimum Gasteiger partial charge on any atom is -0.496 e. The van der Waals surface area contributed by atoms with Crippen molar-refractivity contribution in [2.75, 3.05) is 33.9 Å². The highest BCUT2D eigenvalue weighted by atomic mass is 127. The van der Waals surface area contributed by atoms with Crippen LogP contribution in [0.5, 0.6) is 17.2 Å². The normalized spacial score (nSPS) is 25.1. The monoisotopic (exact) mass is 748 g/mol. The second-order valence-electron chi connectivity index (χ2n) is 12.6. The number of nitrogens with one attached hydrogen (secondary N) is 1. The molecule has 46 heavy (non-hydrogen) atoms. The third-order valence-corrected chi connectivity index (χ3v) is 10.6. The number of halogens is 1. The fourth-order valence-electron chi connectivity index (χ4n) is 7.49. The average Bonchev–Trinajstić information content (AvgIpc) is 3.69. The van der Waals surface area contributed by atoms with E-state index in [0.29, 0.717) is 63.3 Å².